The Morgan fingerprint density at radius 1 is 1.19 bits per heavy atom. The number of likely N-dealkylation sites (tertiary alicyclic amines) is 1. The highest BCUT2D eigenvalue weighted by molar-refractivity contribution is 7.86. The maximum Gasteiger partial charge on any atom is 0.269 e. The highest BCUT2D eigenvalue weighted by Gasteiger charge is 2.31. The smallest absolute Gasteiger partial charge is 0.269 e. The Bertz CT molecular complexity index is 1610. The van der Waals surface area contributed by atoms with Gasteiger partial charge < -0.3 is 9.26 Å². The maximum absolute atomic E-state index is 11.5. The van der Waals surface area contributed by atoms with Crippen LogP contribution >= 0.6 is 0 Å². The van der Waals surface area contributed by atoms with Crippen LogP contribution in [0.1, 0.15) is 31.4 Å². The first-order valence-corrected chi connectivity index (χ1v) is 13.5. The predicted molar refractivity (Wildman–Crippen MR) is 138 cm³/mol. The van der Waals surface area contributed by atoms with Crippen LogP contribution in [-0.2, 0) is 16.7 Å². The molecule has 1 N–H and O–H groups in total. The molecule has 1 saturated heterocycles. The van der Waals surface area contributed by atoms with Gasteiger partial charge in [-0.3, -0.25) is 9.45 Å². The van der Waals surface area contributed by atoms with Crippen molar-refractivity contribution in [1.82, 2.24) is 15.0 Å². The highest BCUT2D eigenvalue weighted by atomic mass is 32.2. The van der Waals surface area contributed by atoms with Gasteiger partial charge in [0.2, 0.25) is 5.82 Å². The van der Waals surface area contributed by atoms with Gasteiger partial charge in [0, 0.05) is 24.2 Å². The van der Waals surface area contributed by atoms with E-state index >= 15 is 0 Å². The standard InChI is InChI=1S/C27H26N4O5S/c1-17(2)35-25-10-8-18(13-20(25)14-28)27-29-26(30-36-27)24-9-7-19(22-5-3-4-6-23(22)24)15-31-12-11-21(16-31)37(32,33)34/h3-10,13,17,21H,11-12,15-16H2,1-2H3,(H,32,33,34). The van der Waals surface area contributed by atoms with Crippen LogP contribution in [0.4, 0.5) is 0 Å². The van der Waals surface area contributed by atoms with Gasteiger partial charge in [-0.15, -0.1) is 0 Å². The Morgan fingerprint density at radius 2 is 1.97 bits per heavy atom. The molecule has 1 atom stereocenters. The number of nitriles is 1. The Kier molecular flexibility index (Phi) is 6.69. The fourth-order valence-corrected chi connectivity index (χ4v) is 5.48. The Morgan fingerprint density at radius 3 is 2.68 bits per heavy atom. The van der Waals surface area contributed by atoms with Gasteiger partial charge in [-0.25, -0.2) is 0 Å². The summed E-state index contributed by atoms with van der Waals surface area (Å²) in [4.78, 5) is 6.64. The molecule has 0 saturated carbocycles. The molecule has 4 aromatic rings. The first-order valence-electron chi connectivity index (χ1n) is 12.0. The van der Waals surface area contributed by atoms with Crippen LogP contribution in [0.5, 0.6) is 5.75 Å². The normalized spacial score (nSPS) is 16.4. The van der Waals surface area contributed by atoms with Crippen LogP contribution in [-0.4, -0.2) is 52.5 Å². The highest BCUT2D eigenvalue weighted by Crippen LogP contribution is 2.33. The number of benzene rings is 3. The SMILES string of the molecule is CC(C)Oc1ccc(-c2nc(-c3ccc(CN4CCC(S(=O)(=O)O)C4)c4ccccc34)no2)cc1C#N. The Labute approximate surface area is 215 Å². The fourth-order valence-electron chi connectivity index (χ4n) is 4.68. The van der Waals surface area contributed by atoms with Crippen molar-refractivity contribution in [2.75, 3.05) is 13.1 Å². The zero-order chi connectivity index (χ0) is 26.2. The first-order chi connectivity index (χ1) is 17.7. The van der Waals surface area contributed by atoms with E-state index in [4.69, 9.17) is 9.26 Å². The lowest BCUT2D eigenvalue weighted by atomic mass is 9.99. The summed E-state index contributed by atoms with van der Waals surface area (Å²) in [7, 11) is -4.04. The molecular formula is C27H26N4O5S. The third-order valence-corrected chi connectivity index (χ3v) is 7.66. The Hall–Kier alpha value is -3.78. The van der Waals surface area contributed by atoms with Crippen LogP contribution in [0.25, 0.3) is 33.6 Å². The molecule has 2 heterocycles. The lowest BCUT2D eigenvalue weighted by Gasteiger charge is -2.17. The van der Waals surface area contributed by atoms with Crippen molar-refractivity contribution in [3.63, 3.8) is 0 Å². The van der Waals surface area contributed by atoms with E-state index < -0.39 is 15.4 Å². The average Bonchev–Trinajstić information content (AvgIpc) is 3.54. The number of hydrogen-bond donors (Lipinski definition) is 1. The van der Waals surface area contributed by atoms with Crippen molar-refractivity contribution in [2.24, 2.45) is 0 Å². The molecule has 3 aromatic carbocycles. The molecule has 0 spiro atoms. The van der Waals surface area contributed by atoms with Crippen molar-refractivity contribution in [3.05, 3.63) is 65.7 Å². The summed E-state index contributed by atoms with van der Waals surface area (Å²) in [5.41, 5.74) is 2.85. The number of fused-ring (bicyclic) bond motifs is 1. The molecule has 5 rings (SSSR count). The summed E-state index contributed by atoms with van der Waals surface area (Å²) >= 11 is 0. The number of rotatable bonds is 7. The van der Waals surface area contributed by atoms with Gasteiger partial charge in [-0.05, 0) is 61.3 Å². The molecule has 1 aliphatic rings. The molecule has 0 bridgehead atoms. The zero-order valence-electron chi connectivity index (χ0n) is 20.5. The molecule has 0 aliphatic carbocycles. The van der Waals surface area contributed by atoms with Gasteiger partial charge in [0.15, 0.2) is 0 Å². The third kappa shape index (κ3) is 5.20. The fraction of sp³-hybridized carbons (Fsp3) is 0.296. The van der Waals surface area contributed by atoms with Crippen molar-refractivity contribution >= 4 is 20.9 Å². The average molecular weight is 519 g/mol. The van der Waals surface area contributed by atoms with Gasteiger partial charge in [-0.1, -0.05) is 41.6 Å². The number of nitrogens with zero attached hydrogens (tertiary/aromatic N) is 4. The summed E-state index contributed by atoms with van der Waals surface area (Å²) in [6.07, 6.45) is 0.359. The summed E-state index contributed by atoms with van der Waals surface area (Å²) in [5, 5.41) is 14.9. The molecule has 1 aliphatic heterocycles. The number of hydrogen-bond acceptors (Lipinski definition) is 8. The van der Waals surface area contributed by atoms with Gasteiger partial charge in [0.1, 0.15) is 17.1 Å². The molecule has 9 nitrogen and oxygen atoms in total. The summed E-state index contributed by atoms with van der Waals surface area (Å²) in [5.74, 6) is 1.22. The predicted octanol–water partition coefficient (Wildman–Crippen LogP) is 4.68. The van der Waals surface area contributed by atoms with Crippen LogP contribution in [0.15, 0.2) is 59.1 Å². The molecule has 10 heteroatoms. The second-order valence-corrected chi connectivity index (χ2v) is 11.1. The van der Waals surface area contributed by atoms with Gasteiger partial charge in [0.25, 0.3) is 16.0 Å². The lowest BCUT2D eigenvalue weighted by Crippen LogP contribution is -2.26. The van der Waals surface area contributed by atoms with Crippen molar-refractivity contribution in [3.8, 4) is 34.7 Å². The minimum Gasteiger partial charge on any atom is -0.490 e. The van der Waals surface area contributed by atoms with E-state index in [9.17, 15) is 18.2 Å². The quantitative estimate of drug-likeness (QED) is 0.347. The molecule has 1 fully saturated rings. The van der Waals surface area contributed by atoms with Crippen LogP contribution in [0.2, 0.25) is 0 Å². The molecule has 190 valence electrons. The van der Waals surface area contributed by atoms with Crippen LogP contribution in [0, 0.1) is 11.3 Å². The second-order valence-electron chi connectivity index (χ2n) is 9.39. The van der Waals surface area contributed by atoms with Crippen LogP contribution < -0.4 is 4.74 Å². The van der Waals surface area contributed by atoms with E-state index in [1.807, 2.05) is 55.1 Å². The van der Waals surface area contributed by atoms with Crippen molar-refractivity contribution in [2.45, 2.75) is 38.2 Å². The topological polar surface area (TPSA) is 130 Å². The molecule has 37 heavy (non-hydrogen) atoms. The van der Waals surface area contributed by atoms with E-state index in [0.717, 1.165) is 21.9 Å². The van der Waals surface area contributed by atoms with E-state index in [1.165, 1.54) is 0 Å². The van der Waals surface area contributed by atoms with Crippen LogP contribution in [0.3, 0.4) is 0 Å². The molecular weight excluding hydrogens is 492 g/mol. The van der Waals surface area contributed by atoms with Gasteiger partial charge in [-0.2, -0.15) is 18.7 Å². The third-order valence-electron chi connectivity index (χ3n) is 6.44. The van der Waals surface area contributed by atoms with E-state index in [0.29, 0.717) is 54.6 Å². The molecule has 1 aromatic heterocycles. The summed E-state index contributed by atoms with van der Waals surface area (Å²) in [6, 6.07) is 19.1. The molecule has 1 unspecified atom stereocenters. The largest absolute Gasteiger partial charge is 0.490 e. The minimum absolute atomic E-state index is 0.0566. The monoisotopic (exact) mass is 518 g/mol. The number of aromatic nitrogens is 2. The molecule has 0 radical (unpaired) electrons. The zero-order valence-corrected chi connectivity index (χ0v) is 21.3. The summed E-state index contributed by atoms with van der Waals surface area (Å²) in [6.45, 7) is 5.26. The molecule has 0 amide bonds. The Balaban J connectivity index is 1.44. The summed E-state index contributed by atoms with van der Waals surface area (Å²) < 4.78 is 43.7. The maximum atomic E-state index is 11.5. The van der Waals surface area contributed by atoms with Gasteiger partial charge >= 0.3 is 0 Å². The van der Waals surface area contributed by atoms with E-state index in [1.54, 1.807) is 18.2 Å². The number of ether oxygens (including phenoxy) is 1. The minimum atomic E-state index is -4.04. The lowest BCUT2D eigenvalue weighted by molar-refractivity contribution is 0.241. The van der Waals surface area contributed by atoms with Crippen molar-refractivity contribution in [1.29, 1.82) is 5.26 Å². The second kappa shape index (κ2) is 9.94. The van der Waals surface area contributed by atoms with E-state index in [-0.39, 0.29) is 6.10 Å². The van der Waals surface area contributed by atoms with E-state index in [2.05, 4.69) is 16.2 Å². The van der Waals surface area contributed by atoms with Gasteiger partial charge in [0.05, 0.1) is 11.7 Å². The van der Waals surface area contributed by atoms with Crippen molar-refractivity contribution < 1.29 is 22.2 Å². The first kappa shape index (κ1) is 24.9.